The Morgan fingerprint density at radius 3 is 2.19 bits per heavy atom. The van der Waals surface area contributed by atoms with E-state index in [1.807, 2.05) is 72.8 Å². The third kappa shape index (κ3) is 4.21. The van der Waals surface area contributed by atoms with Gasteiger partial charge in [0.05, 0.1) is 18.9 Å². The van der Waals surface area contributed by atoms with Crippen molar-refractivity contribution in [2.75, 3.05) is 18.1 Å². The number of anilines is 1. The molecule has 0 saturated heterocycles. The lowest BCUT2D eigenvalue weighted by molar-refractivity contribution is 0.0990. The van der Waals surface area contributed by atoms with Crippen molar-refractivity contribution in [1.82, 2.24) is 0 Å². The molecule has 0 fully saturated rings. The molecule has 7 heteroatoms. The Hall–Kier alpha value is -2.37. The van der Waals surface area contributed by atoms with Crippen molar-refractivity contribution >= 4 is 31.0 Å². The van der Waals surface area contributed by atoms with Crippen LogP contribution in [0.2, 0.25) is 0 Å². The highest BCUT2D eigenvalue weighted by molar-refractivity contribution is 7.99. The van der Waals surface area contributed by atoms with Crippen LogP contribution in [0.15, 0.2) is 88.7 Å². The molecule has 5 nitrogen and oxygen atoms in total. The Morgan fingerprint density at radius 2 is 1.48 bits per heavy atom. The molecule has 160 valence electrons. The maximum Gasteiger partial charge on any atom is 0.357 e. The van der Waals surface area contributed by atoms with Gasteiger partial charge in [0, 0.05) is 15.4 Å². The Kier molecular flexibility index (Phi) is 6.63. The molecule has 1 amide bonds. The minimum atomic E-state index is -3.66. The molecule has 3 aromatic rings. The van der Waals surface area contributed by atoms with Crippen LogP contribution < -0.4 is 4.90 Å². The lowest BCUT2D eigenvalue weighted by Gasteiger charge is -2.32. The van der Waals surface area contributed by atoms with E-state index in [0.29, 0.717) is 16.8 Å². The molecule has 4 rings (SSSR count). The van der Waals surface area contributed by atoms with Crippen molar-refractivity contribution in [3.63, 3.8) is 0 Å². The normalized spacial score (nSPS) is 15.9. The zero-order valence-corrected chi connectivity index (χ0v) is 19.1. The molecular formula is C24H24NO4PS. The van der Waals surface area contributed by atoms with Crippen molar-refractivity contribution in [2.45, 2.75) is 29.4 Å². The molecule has 0 aliphatic carbocycles. The van der Waals surface area contributed by atoms with Crippen LogP contribution >= 0.6 is 19.4 Å². The van der Waals surface area contributed by atoms with Crippen molar-refractivity contribution in [3.05, 3.63) is 90.0 Å². The molecule has 0 saturated carbocycles. The summed E-state index contributed by atoms with van der Waals surface area (Å²) in [4.78, 5) is 17.1. The van der Waals surface area contributed by atoms with Crippen LogP contribution in [-0.4, -0.2) is 19.1 Å². The summed E-state index contributed by atoms with van der Waals surface area (Å²) in [6.07, 6.45) is 0. The van der Waals surface area contributed by atoms with Gasteiger partial charge in [-0.1, -0.05) is 60.3 Å². The van der Waals surface area contributed by atoms with Crippen LogP contribution in [0, 0.1) is 0 Å². The standard InChI is InChI=1S/C24H24NO4PS/c1-3-28-30(27,29-4-2)24-20-15-9-8-14-19(20)23(26)25(24)21-16-10-11-17-22(21)31-18-12-6-5-7-13-18/h5-17,24H,3-4H2,1-2H3. The van der Waals surface area contributed by atoms with Crippen LogP contribution in [0.5, 0.6) is 0 Å². The van der Waals surface area contributed by atoms with Gasteiger partial charge in [-0.25, -0.2) is 0 Å². The second kappa shape index (κ2) is 9.41. The van der Waals surface area contributed by atoms with Crippen LogP contribution in [0.3, 0.4) is 0 Å². The summed E-state index contributed by atoms with van der Waals surface area (Å²) in [5.41, 5.74) is 1.87. The summed E-state index contributed by atoms with van der Waals surface area (Å²) in [6.45, 7) is 3.99. The molecule has 1 unspecified atom stereocenters. The first kappa shape index (κ1) is 21.8. The van der Waals surface area contributed by atoms with Gasteiger partial charge in [-0.15, -0.1) is 0 Å². The third-order valence-corrected chi connectivity index (χ3v) is 8.36. The largest absolute Gasteiger partial charge is 0.357 e. The van der Waals surface area contributed by atoms with Crippen LogP contribution in [0.25, 0.3) is 0 Å². The van der Waals surface area contributed by atoms with E-state index in [0.717, 1.165) is 9.79 Å². The minimum absolute atomic E-state index is 0.207. The van der Waals surface area contributed by atoms with E-state index in [1.54, 1.807) is 36.6 Å². The first-order valence-corrected chi connectivity index (χ1v) is 12.6. The van der Waals surface area contributed by atoms with E-state index in [-0.39, 0.29) is 19.1 Å². The number of hydrogen-bond acceptors (Lipinski definition) is 5. The molecule has 1 aliphatic rings. The monoisotopic (exact) mass is 453 g/mol. The molecule has 0 spiro atoms. The summed E-state index contributed by atoms with van der Waals surface area (Å²) >= 11 is 1.56. The number of amides is 1. The van der Waals surface area contributed by atoms with E-state index in [1.165, 1.54) is 0 Å². The highest BCUT2D eigenvalue weighted by Gasteiger charge is 2.50. The van der Waals surface area contributed by atoms with Crippen molar-refractivity contribution in [2.24, 2.45) is 0 Å². The van der Waals surface area contributed by atoms with Gasteiger partial charge in [0.25, 0.3) is 5.91 Å². The molecule has 0 aromatic heterocycles. The molecule has 1 aliphatic heterocycles. The van der Waals surface area contributed by atoms with Gasteiger partial charge in [0.15, 0.2) is 5.78 Å². The Labute approximate surface area is 186 Å². The molecule has 3 aromatic carbocycles. The molecule has 0 N–H and O–H groups in total. The Balaban J connectivity index is 1.85. The second-order valence-electron chi connectivity index (χ2n) is 6.89. The van der Waals surface area contributed by atoms with Crippen LogP contribution in [0.1, 0.15) is 35.6 Å². The summed E-state index contributed by atoms with van der Waals surface area (Å²) in [7, 11) is -3.66. The fourth-order valence-corrected chi connectivity index (χ4v) is 6.87. The van der Waals surface area contributed by atoms with Gasteiger partial charge in [0.1, 0.15) is 0 Å². The number of nitrogens with zero attached hydrogens (tertiary/aromatic N) is 1. The Morgan fingerprint density at radius 1 is 0.871 bits per heavy atom. The fourth-order valence-electron chi connectivity index (χ4n) is 3.75. The quantitative estimate of drug-likeness (QED) is 0.353. The predicted molar refractivity (Wildman–Crippen MR) is 124 cm³/mol. The van der Waals surface area contributed by atoms with Crippen LogP contribution in [-0.2, 0) is 13.6 Å². The third-order valence-electron chi connectivity index (χ3n) is 4.95. The summed E-state index contributed by atoms with van der Waals surface area (Å²) in [5, 5.41) is 0. The fraction of sp³-hybridized carbons (Fsp3) is 0.208. The van der Waals surface area contributed by atoms with E-state index in [4.69, 9.17) is 9.05 Å². The van der Waals surface area contributed by atoms with E-state index >= 15 is 0 Å². The van der Waals surface area contributed by atoms with Crippen molar-refractivity contribution in [3.8, 4) is 0 Å². The number of fused-ring (bicyclic) bond motifs is 1. The SMILES string of the molecule is CCOP(=O)(OCC)C1c2ccccc2C(=O)N1c1ccccc1Sc1ccccc1. The highest BCUT2D eigenvalue weighted by Crippen LogP contribution is 2.66. The lowest BCUT2D eigenvalue weighted by atomic mass is 10.1. The molecule has 0 radical (unpaired) electrons. The molecular weight excluding hydrogens is 429 g/mol. The van der Waals surface area contributed by atoms with Crippen LogP contribution in [0.4, 0.5) is 5.69 Å². The molecule has 1 heterocycles. The Bertz CT molecular complexity index is 1110. The summed E-state index contributed by atoms with van der Waals surface area (Å²) < 4.78 is 25.3. The van der Waals surface area contributed by atoms with Gasteiger partial charge in [-0.2, -0.15) is 0 Å². The topological polar surface area (TPSA) is 55.8 Å². The number of benzene rings is 3. The maximum absolute atomic E-state index is 13.9. The zero-order valence-electron chi connectivity index (χ0n) is 17.4. The number of carbonyl (C=O) groups excluding carboxylic acids is 1. The van der Waals surface area contributed by atoms with Crippen molar-refractivity contribution < 1.29 is 18.4 Å². The maximum atomic E-state index is 13.9. The lowest BCUT2D eigenvalue weighted by Crippen LogP contribution is -2.29. The number of para-hydroxylation sites is 1. The van der Waals surface area contributed by atoms with E-state index < -0.39 is 13.4 Å². The summed E-state index contributed by atoms with van der Waals surface area (Å²) in [6, 6.07) is 24.9. The second-order valence-corrected chi connectivity index (χ2v) is 10.1. The van der Waals surface area contributed by atoms with Gasteiger partial charge in [-0.3, -0.25) is 14.3 Å². The van der Waals surface area contributed by atoms with Gasteiger partial charge < -0.3 is 9.05 Å². The number of carbonyl (C=O) groups is 1. The molecule has 1 atom stereocenters. The zero-order chi connectivity index (χ0) is 21.8. The van der Waals surface area contributed by atoms with Gasteiger partial charge >= 0.3 is 7.60 Å². The average Bonchev–Trinajstić information content (AvgIpc) is 3.08. The first-order valence-electron chi connectivity index (χ1n) is 10.2. The average molecular weight is 454 g/mol. The number of rotatable bonds is 8. The van der Waals surface area contributed by atoms with Gasteiger partial charge in [-0.05, 0) is 49.7 Å². The minimum Gasteiger partial charge on any atom is -0.307 e. The smallest absolute Gasteiger partial charge is 0.307 e. The summed E-state index contributed by atoms with van der Waals surface area (Å²) in [5.74, 6) is -1.05. The van der Waals surface area contributed by atoms with Crippen molar-refractivity contribution in [1.29, 1.82) is 0 Å². The first-order chi connectivity index (χ1) is 15.1. The van der Waals surface area contributed by atoms with Gasteiger partial charge in [0.2, 0.25) is 0 Å². The number of hydrogen-bond donors (Lipinski definition) is 0. The van der Waals surface area contributed by atoms with E-state index in [9.17, 15) is 9.36 Å². The predicted octanol–water partition coefficient (Wildman–Crippen LogP) is 6.76. The molecule has 0 bridgehead atoms. The highest BCUT2D eigenvalue weighted by atomic mass is 32.2. The molecule has 31 heavy (non-hydrogen) atoms. The van der Waals surface area contributed by atoms with E-state index in [2.05, 4.69) is 0 Å².